The molecule has 0 N–H and O–H groups in total. The van der Waals surface area contributed by atoms with Crippen LogP contribution in [0.2, 0.25) is 13.1 Å². The number of hydrogen-bond donors (Lipinski definition) is 0. The number of aromatic nitrogens is 2. The topological polar surface area (TPSA) is 47.4 Å². The van der Waals surface area contributed by atoms with Crippen molar-refractivity contribution in [3.63, 3.8) is 0 Å². The second-order valence-corrected chi connectivity index (χ2v) is 8.32. The van der Waals surface area contributed by atoms with Crippen LogP contribution in [0, 0.1) is 13.8 Å². The molecule has 0 saturated carbocycles. The van der Waals surface area contributed by atoms with Crippen LogP contribution in [0.3, 0.4) is 0 Å². The largest absolute Gasteiger partial charge is 1.00 e. The van der Waals surface area contributed by atoms with Crippen LogP contribution in [0.15, 0.2) is 65.9 Å². The molecule has 131 valence electrons. The maximum Gasteiger partial charge on any atom is 1.00 e. The molecule has 0 amide bonds. The maximum absolute atomic E-state index is 6.09. The predicted octanol–water partition coefficient (Wildman–Crippen LogP) is 5.00. The molecule has 0 bridgehead atoms. The highest BCUT2D eigenvalue weighted by molar-refractivity contribution is 6.49. The van der Waals surface area contributed by atoms with E-state index in [0.717, 1.165) is 39.7 Å². The zero-order valence-corrected chi connectivity index (χ0v) is 16.5. The molecule has 5 heteroatoms. The van der Waals surface area contributed by atoms with Crippen LogP contribution < -0.4 is 4.43 Å². The molecule has 3 rings (SSSR count). The van der Waals surface area contributed by atoms with Crippen LogP contribution in [-0.2, 0) is 0 Å². The van der Waals surface area contributed by atoms with Crippen molar-refractivity contribution < 1.29 is 5.85 Å². The van der Waals surface area contributed by atoms with Gasteiger partial charge in [0.15, 0.2) is 0 Å². The predicted molar refractivity (Wildman–Crippen MR) is 109 cm³/mol. The second-order valence-electron chi connectivity index (χ2n) is 6.30. The SMILES string of the molecule is Cc1ccc(N=C(c2ccccc2)c2nccnc2C)c(O[Si](C)C)c1.[H+]. The van der Waals surface area contributed by atoms with Gasteiger partial charge in [0.25, 0.3) is 9.04 Å². The van der Waals surface area contributed by atoms with E-state index in [4.69, 9.17) is 9.42 Å². The standard InChI is InChI=1S/C21H22N3OSi/c1-15-10-11-18(19(14-15)25-26(3)4)24-21(17-8-6-5-7-9-17)20-16(2)22-12-13-23-20/h5-14H,1-4H3/p+1. The molecule has 0 aliphatic carbocycles. The van der Waals surface area contributed by atoms with E-state index in [1.807, 2.05) is 49.4 Å². The first-order chi connectivity index (χ1) is 12.5. The number of aryl methyl sites for hydroxylation is 2. The van der Waals surface area contributed by atoms with Crippen molar-refractivity contribution in [3.05, 3.63) is 83.4 Å². The summed E-state index contributed by atoms with van der Waals surface area (Å²) in [6, 6.07) is 16.2. The average Bonchev–Trinajstić information content (AvgIpc) is 2.62. The van der Waals surface area contributed by atoms with E-state index in [-0.39, 0.29) is 1.43 Å². The number of nitrogens with zero attached hydrogens (tertiary/aromatic N) is 3. The Morgan fingerprint density at radius 3 is 2.42 bits per heavy atom. The van der Waals surface area contributed by atoms with Crippen LogP contribution in [0.5, 0.6) is 5.75 Å². The van der Waals surface area contributed by atoms with Crippen molar-refractivity contribution in [1.82, 2.24) is 9.97 Å². The summed E-state index contributed by atoms with van der Waals surface area (Å²) < 4.78 is 6.09. The Hall–Kier alpha value is -2.79. The summed E-state index contributed by atoms with van der Waals surface area (Å²) in [7, 11) is -0.894. The fourth-order valence-corrected chi connectivity index (χ4v) is 3.23. The van der Waals surface area contributed by atoms with Gasteiger partial charge in [-0.25, -0.2) is 4.99 Å². The van der Waals surface area contributed by atoms with Crippen LogP contribution >= 0.6 is 0 Å². The van der Waals surface area contributed by atoms with Crippen LogP contribution in [-0.4, -0.2) is 24.7 Å². The second kappa shape index (κ2) is 8.06. The number of hydrogen-bond acceptors (Lipinski definition) is 4. The van der Waals surface area contributed by atoms with Crippen molar-refractivity contribution in [2.45, 2.75) is 26.9 Å². The van der Waals surface area contributed by atoms with E-state index < -0.39 is 9.04 Å². The van der Waals surface area contributed by atoms with Gasteiger partial charge in [-0.2, -0.15) is 0 Å². The van der Waals surface area contributed by atoms with Crippen molar-refractivity contribution in [2.24, 2.45) is 4.99 Å². The monoisotopic (exact) mass is 361 g/mol. The first-order valence-corrected chi connectivity index (χ1v) is 11.0. The van der Waals surface area contributed by atoms with E-state index in [1.165, 1.54) is 0 Å². The van der Waals surface area contributed by atoms with Crippen LogP contribution in [0.25, 0.3) is 0 Å². The van der Waals surface area contributed by atoms with Gasteiger partial charge in [-0.3, -0.25) is 9.97 Å². The van der Waals surface area contributed by atoms with Crippen molar-refractivity contribution in [3.8, 4) is 5.75 Å². The highest BCUT2D eigenvalue weighted by atomic mass is 28.3. The smallest absolute Gasteiger partial charge is 0.541 e. The third kappa shape index (κ3) is 4.24. The normalized spacial score (nSPS) is 11.7. The Labute approximate surface area is 157 Å². The number of aliphatic imine (C=N–C) groups is 1. The van der Waals surface area contributed by atoms with Gasteiger partial charge in [0, 0.05) is 18.0 Å². The lowest BCUT2D eigenvalue weighted by atomic mass is 10.1. The molecule has 0 saturated heterocycles. The zero-order chi connectivity index (χ0) is 18.5. The van der Waals surface area contributed by atoms with Gasteiger partial charge in [0.2, 0.25) is 0 Å². The highest BCUT2D eigenvalue weighted by Gasteiger charge is 2.14. The lowest BCUT2D eigenvalue weighted by Gasteiger charge is -2.14. The average molecular weight is 362 g/mol. The lowest BCUT2D eigenvalue weighted by Crippen LogP contribution is -2.12. The van der Waals surface area contributed by atoms with E-state index in [9.17, 15) is 0 Å². The summed E-state index contributed by atoms with van der Waals surface area (Å²) in [4.78, 5) is 13.9. The van der Waals surface area contributed by atoms with E-state index in [2.05, 4.69) is 36.1 Å². The molecule has 0 fully saturated rings. The minimum absolute atomic E-state index is 0. The van der Waals surface area contributed by atoms with Gasteiger partial charge in [-0.05, 0) is 44.6 Å². The molecule has 26 heavy (non-hydrogen) atoms. The van der Waals surface area contributed by atoms with Crippen molar-refractivity contribution in [1.29, 1.82) is 0 Å². The summed E-state index contributed by atoms with van der Waals surface area (Å²) in [5.41, 5.74) is 5.39. The molecule has 3 aromatic rings. The number of rotatable bonds is 5. The molecule has 1 aromatic heterocycles. The first kappa shape index (κ1) is 18.0. The van der Waals surface area contributed by atoms with Crippen LogP contribution in [0.1, 0.15) is 23.9 Å². The molecule has 0 aliphatic rings. The molecule has 2 aromatic carbocycles. The molecule has 0 spiro atoms. The van der Waals surface area contributed by atoms with Crippen molar-refractivity contribution >= 4 is 20.4 Å². The van der Waals surface area contributed by atoms with E-state index >= 15 is 0 Å². The Balaban J connectivity index is 0.00000261. The summed E-state index contributed by atoms with van der Waals surface area (Å²) in [5, 5.41) is 0. The van der Waals surface area contributed by atoms with Gasteiger partial charge < -0.3 is 4.43 Å². The summed E-state index contributed by atoms with van der Waals surface area (Å²) in [6.45, 7) is 8.24. The Bertz CT molecular complexity index is 930. The molecule has 0 atom stereocenters. The molecular formula is C21H23N3OSi+. The summed E-state index contributed by atoms with van der Waals surface area (Å²) >= 11 is 0. The van der Waals surface area contributed by atoms with Gasteiger partial charge in [-0.1, -0.05) is 36.4 Å². The van der Waals surface area contributed by atoms with Crippen LogP contribution in [0.4, 0.5) is 5.69 Å². The minimum Gasteiger partial charge on any atom is -0.541 e. The quantitative estimate of drug-likeness (QED) is 0.474. The van der Waals surface area contributed by atoms with E-state index in [0.29, 0.717) is 0 Å². The third-order valence-electron chi connectivity index (χ3n) is 3.81. The molecule has 0 unspecified atom stereocenters. The summed E-state index contributed by atoms with van der Waals surface area (Å²) in [6.07, 6.45) is 3.40. The van der Waals surface area contributed by atoms with Crippen molar-refractivity contribution in [2.75, 3.05) is 0 Å². The van der Waals surface area contributed by atoms with E-state index in [1.54, 1.807) is 12.4 Å². The van der Waals surface area contributed by atoms with Gasteiger partial charge in [0.1, 0.15) is 17.1 Å². The minimum atomic E-state index is -0.894. The molecular weight excluding hydrogens is 338 g/mol. The lowest BCUT2D eigenvalue weighted by molar-refractivity contribution is 0.581. The fraction of sp³-hybridized carbons (Fsp3) is 0.190. The molecule has 0 aliphatic heterocycles. The summed E-state index contributed by atoms with van der Waals surface area (Å²) in [5.74, 6) is 0.818. The number of benzene rings is 2. The fourth-order valence-electron chi connectivity index (χ4n) is 2.63. The Morgan fingerprint density at radius 1 is 1.00 bits per heavy atom. The van der Waals surface area contributed by atoms with Gasteiger partial charge in [0.05, 0.1) is 11.4 Å². The maximum atomic E-state index is 6.09. The first-order valence-electron chi connectivity index (χ1n) is 8.55. The highest BCUT2D eigenvalue weighted by Crippen LogP contribution is 2.31. The van der Waals surface area contributed by atoms with Gasteiger partial charge in [-0.15, -0.1) is 0 Å². The Morgan fingerprint density at radius 2 is 1.73 bits per heavy atom. The third-order valence-corrected chi connectivity index (χ3v) is 4.44. The Kier molecular flexibility index (Phi) is 5.58. The molecule has 1 radical (unpaired) electrons. The van der Waals surface area contributed by atoms with Gasteiger partial charge >= 0.3 is 1.43 Å². The molecule has 4 nitrogen and oxygen atoms in total. The molecule has 1 heterocycles. The zero-order valence-electron chi connectivity index (χ0n) is 16.5.